The molecule has 0 aliphatic carbocycles. The molecule has 0 saturated heterocycles. The summed E-state index contributed by atoms with van der Waals surface area (Å²) in [6, 6.07) is 8.62. The van der Waals surface area contributed by atoms with Gasteiger partial charge in [-0.25, -0.2) is 4.79 Å². The summed E-state index contributed by atoms with van der Waals surface area (Å²) in [7, 11) is 1.31. The van der Waals surface area contributed by atoms with Gasteiger partial charge in [0.1, 0.15) is 5.75 Å². The Balaban J connectivity index is 2.62. The number of hydrogen-bond acceptors (Lipinski definition) is 2. The van der Waals surface area contributed by atoms with Crippen molar-refractivity contribution in [1.82, 2.24) is 0 Å². The predicted molar refractivity (Wildman–Crippen MR) is 80.9 cm³/mol. The van der Waals surface area contributed by atoms with E-state index in [0.29, 0.717) is 5.69 Å². The molecule has 0 aliphatic rings. The summed E-state index contributed by atoms with van der Waals surface area (Å²) < 4.78 is 43.9. The zero-order valence-electron chi connectivity index (χ0n) is 12.5. The minimum absolute atomic E-state index is 0.0707. The van der Waals surface area contributed by atoms with Crippen LogP contribution in [0.15, 0.2) is 42.5 Å². The van der Waals surface area contributed by atoms with E-state index in [1.807, 2.05) is 6.92 Å². The fourth-order valence-corrected chi connectivity index (χ4v) is 2.12. The number of rotatable bonds is 3. The minimum atomic E-state index is -4.54. The summed E-state index contributed by atoms with van der Waals surface area (Å²) in [5.74, 6) is 0.109. The van der Waals surface area contributed by atoms with Gasteiger partial charge in [0.25, 0.3) is 0 Å². The first-order valence-corrected chi connectivity index (χ1v) is 6.65. The number of carbonyl (C=O) groups excluding carboxylic acids is 1. The molecule has 2 amide bonds. The minimum Gasteiger partial charge on any atom is -0.495 e. The van der Waals surface area contributed by atoms with Gasteiger partial charge in [-0.05, 0) is 37.3 Å². The third-order valence-corrected chi connectivity index (χ3v) is 3.26. The van der Waals surface area contributed by atoms with Gasteiger partial charge in [-0.3, -0.25) is 4.90 Å². The number of benzene rings is 2. The van der Waals surface area contributed by atoms with Gasteiger partial charge in [0.15, 0.2) is 0 Å². The maximum Gasteiger partial charge on any atom is 0.416 e. The largest absolute Gasteiger partial charge is 0.495 e. The Morgan fingerprint density at radius 2 is 1.74 bits per heavy atom. The molecule has 0 atom stereocenters. The summed E-state index contributed by atoms with van der Waals surface area (Å²) in [4.78, 5) is 12.8. The SMILES string of the molecule is COc1ccc(C(F)(F)F)cc1N(C(N)=O)c1ccc(C)cc1. The molecule has 23 heavy (non-hydrogen) atoms. The number of primary amides is 1. The Labute approximate surface area is 131 Å². The molecule has 2 aromatic carbocycles. The molecular weight excluding hydrogens is 309 g/mol. The van der Waals surface area contributed by atoms with Gasteiger partial charge in [-0.15, -0.1) is 0 Å². The highest BCUT2D eigenvalue weighted by Crippen LogP contribution is 2.39. The van der Waals surface area contributed by atoms with Crippen molar-refractivity contribution >= 4 is 17.4 Å². The van der Waals surface area contributed by atoms with E-state index in [1.165, 1.54) is 7.11 Å². The van der Waals surface area contributed by atoms with E-state index in [2.05, 4.69) is 0 Å². The van der Waals surface area contributed by atoms with E-state index < -0.39 is 17.8 Å². The Morgan fingerprint density at radius 1 is 1.13 bits per heavy atom. The van der Waals surface area contributed by atoms with Crippen LogP contribution in [0.1, 0.15) is 11.1 Å². The van der Waals surface area contributed by atoms with Crippen LogP contribution in [0.25, 0.3) is 0 Å². The van der Waals surface area contributed by atoms with Crippen LogP contribution in [0.4, 0.5) is 29.3 Å². The van der Waals surface area contributed by atoms with Crippen molar-refractivity contribution in [3.05, 3.63) is 53.6 Å². The molecule has 0 saturated carbocycles. The third kappa shape index (κ3) is 3.56. The summed E-state index contributed by atoms with van der Waals surface area (Å²) in [6.07, 6.45) is -4.54. The molecule has 0 aliphatic heterocycles. The molecule has 0 spiro atoms. The molecule has 122 valence electrons. The average molecular weight is 324 g/mol. The Bertz CT molecular complexity index is 712. The zero-order valence-corrected chi connectivity index (χ0v) is 12.5. The van der Waals surface area contributed by atoms with Crippen LogP contribution in [0.2, 0.25) is 0 Å². The quantitative estimate of drug-likeness (QED) is 0.918. The number of nitrogens with two attached hydrogens (primary N) is 1. The van der Waals surface area contributed by atoms with Crippen LogP contribution >= 0.6 is 0 Å². The smallest absolute Gasteiger partial charge is 0.416 e. The Morgan fingerprint density at radius 3 is 2.22 bits per heavy atom. The normalized spacial score (nSPS) is 11.2. The lowest BCUT2D eigenvalue weighted by Gasteiger charge is -2.24. The van der Waals surface area contributed by atoms with Crippen molar-refractivity contribution in [2.24, 2.45) is 5.73 Å². The third-order valence-electron chi connectivity index (χ3n) is 3.26. The van der Waals surface area contributed by atoms with Gasteiger partial charge < -0.3 is 10.5 Å². The number of anilines is 2. The van der Waals surface area contributed by atoms with Crippen LogP contribution < -0.4 is 15.4 Å². The Hall–Kier alpha value is -2.70. The summed E-state index contributed by atoms with van der Waals surface area (Å²) >= 11 is 0. The number of halogens is 3. The second kappa shape index (κ2) is 6.20. The second-order valence-corrected chi connectivity index (χ2v) is 4.89. The Kier molecular flexibility index (Phi) is 4.49. The molecule has 0 unspecified atom stereocenters. The van der Waals surface area contributed by atoms with Gasteiger partial charge in [-0.2, -0.15) is 13.2 Å². The van der Waals surface area contributed by atoms with Crippen LogP contribution in [0.5, 0.6) is 5.75 Å². The molecule has 0 fully saturated rings. The number of ether oxygens (including phenoxy) is 1. The molecule has 0 heterocycles. The second-order valence-electron chi connectivity index (χ2n) is 4.89. The number of hydrogen-bond donors (Lipinski definition) is 1. The fourth-order valence-electron chi connectivity index (χ4n) is 2.12. The van der Waals surface area contributed by atoms with Crippen molar-refractivity contribution in [1.29, 1.82) is 0 Å². The molecule has 2 N–H and O–H groups in total. The molecule has 0 aromatic heterocycles. The maximum atomic E-state index is 12.9. The number of carbonyl (C=O) groups is 1. The fraction of sp³-hybridized carbons (Fsp3) is 0.188. The van der Waals surface area contributed by atoms with Gasteiger partial charge >= 0.3 is 12.2 Å². The van der Waals surface area contributed by atoms with Crippen LogP contribution in [0, 0.1) is 6.92 Å². The highest BCUT2D eigenvalue weighted by Gasteiger charge is 2.32. The maximum absolute atomic E-state index is 12.9. The lowest BCUT2D eigenvalue weighted by atomic mass is 10.1. The lowest BCUT2D eigenvalue weighted by Crippen LogP contribution is -2.32. The predicted octanol–water partition coefficient (Wildman–Crippen LogP) is 4.24. The molecule has 2 rings (SSSR count). The monoisotopic (exact) mass is 324 g/mol. The van der Waals surface area contributed by atoms with Gasteiger partial charge in [0.2, 0.25) is 0 Å². The molecule has 7 heteroatoms. The summed E-state index contributed by atoms with van der Waals surface area (Å²) in [5, 5.41) is 0. The van der Waals surface area contributed by atoms with Gasteiger partial charge in [0.05, 0.1) is 24.0 Å². The number of methoxy groups -OCH3 is 1. The van der Waals surface area contributed by atoms with E-state index in [0.717, 1.165) is 28.7 Å². The van der Waals surface area contributed by atoms with E-state index in [-0.39, 0.29) is 11.4 Å². The molecule has 4 nitrogen and oxygen atoms in total. The van der Waals surface area contributed by atoms with E-state index >= 15 is 0 Å². The summed E-state index contributed by atoms with van der Waals surface area (Å²) in [6.45, 7) is 1.85. The topological polar surface area (TPSA) is 55.6 Å². The van der Waals surface area contributed by atoms with Crippen LogP contribution in [0.3, 0.4) is 0 Å². The van der Waals surface area contributed by atoms with Crippen LogP contribution in [-0.2, 0) is 6.18 Å². The van der Waals surface area contributed by atoms with E-state index in [4.69, 9.17) is 10.5 Å². The molecular formula is C16H15F3N2O2. The highest BCUT2D eigenvalue weighted by molar-refractivity contribution is 6.00. The first kappa shape index (κ1) is 16.7. The average Bonchev–Trinajstić information content (AvgIpc) is 2.48. The first-order chi connectivity index (χ1) is 10.7. The van der Waals surface area contributed by atoms with Crippen LogP contribution in [-0.4, -0.2) is 13.1 Å². The number of urea groups is 1. The summed E-state index contributed by atoms with van der Waals surface area (Å²) in [5.41, 5.74) is 5.69. The standard InChI is InChI=1S/C16H15F3N2O2/c1-10-3-6-12(7-4-10)21(15(20)22)13-9-11(16(17,18)19)5-8-14(13)23-2/h3-9H,1-2H3,(H2,20,22). The number of alkyl halides is 3. The highest BCUT2D eigenvalue weighted by atomic mass is 19.4. The number of aryl methyl sites for hydroxylation is 1. The zero-order chi connectivity index (χ0) is 17.2. The van der Waals surface area contributed by atoms with Gasteiger partial charge in [0, 0.05) is 0 Å². The van der Waals surface area contributed by atoms with Crippen molar-refractivity contribution in [2.75, 3.05) is 12.0 Å². The molecule has 0 radical (unpaired) electrons. The number of amides is 2. The van der Waals surface area contributed by atoms with Crippen molar-refractivity contribution in [2.45, 2.75) is 13.1 Å². The van der Waals surface area contributed by atoms with Crippen molar-refractivity contribution < 1.29 is 22.7 Å². The lowest BCUT2D eigenvalue weighted by molar-refractivity contribution is -0.137. The van der Waals surface area contributed by atoms with Crippen molar-refractivity contribution in [3.8, 4) is 5.75 Å². The van der Waals surface area contributed by atoms with E-state index in [9.17, 15) is 18.0 Å². The number of nitrogens with zero attached hydrogens (tertiary/aromatic N) is 1. The van der Waals surface area contributed by atoms with E-state index in [1.54, 1.807) is 24.3 Å². The molecule has 2 aromatic rings. The first-order valence-electron chi connectivity index (χ1n) is 6.65. The molecule has 0 bridgehead atoms. The van der Waals surface area contributed by atoms with Crippen molar-refractivity contribution in [3.63, 3.8) is 0 Å². The van der Waals surface area contributed by atoms with Gasteiger partial charge in [-0.1, -0.05) is 17.7 Å².